The van der Waals surface area contributed by atoms with Gasteiger partial charge in [-0.05, 0) is 44.6 Å². The Morgan fingerprint density at radius 2 is 1.36 bits per heavy atom. The minimum absolute atomic E-state index is 0.132. The Bertz CT molecular complexity index is 553. The number of benzene rings is 1. The highest BCUT2D eigenvalue weighted by molar-refractivity contribution is 6.33. The second kappa shape index (κ2) is 6.73. The van der Waals surface area contributed by atoms with Gasteiger partial charge in [0.25, 0.3) is 5.69 Å². The maximum atomic E-state index is 11.4. The Hall–Kier alpha value is -1.49. The predicted octanol–water partition coefficient (Wildman–Crippen LogP) is 4.23. The molecule has 2 aliphatic rings. The summed E-state index contributed by atoms with van der Waals surface area (Å²) in [5, 5.41) is 11.9. The number of hydrogen-bond acceptors (Lipinski definition) is 4. The van der Waals surface area contributed by atoms with E-state index in [2.05, 4.69) is 9.80 Å². The number of halogens is 1. The van der Waals surface area contributed by atoms with Crippen LogP contribution in [-0.4, -0.2) is 31.1 Å². The molecule has 1 aromatic rings. The Morgan fingerprint density at radius 3 is 1.86 bits per heavy atom. The van der Waals surface area contributed by atoms with Crippen LogP contribution in [0.15, 0.2) is 12.1 Å². The molecule has 5 nitrogen and oxygen atoms in total. The van der Waals surface area contributed by atoms with Crippen LogP contribution in [-0.2, 0) is 0 Å². The minimum atomic E-state index is -0.310. The number of nitrogens with zero attached hydrogens (tertiary/aromatic N) is 3. The summed E-state index contributed by atoms with van der Waals surface area (Å²) in [6.07, 6.45) is 6.97. The molecule has 2 fully saturated rings. The zero-order chi connectivity index (χ0) is 15.5. The van der Waals surface area contributed by atoms with Crippen LogP contribution in [0, 0.1) is 10.1 Å². The summed E-state index contributed by atoms with van der Waals surface area (Å²) in [6, 6.07) is 3.48. The fraction of sp³-hybridized carbons (Fsp3) is 0.625. The van der Waals surface area contributed by atoms with E-state index in [4.69, 9.17) is 11.6 Å². The van der Waals surface area contributed by atoms with Crippen molar-refractivity contribution in [2.45, 2.75) is 38.5 Å². The molecule has 0 N–H and O–H groups in total. The van der Waals surface area contributed by atoms with Crippen LogP contribution in [0.4, 0.5) is 17.1 Å². The molecule has 3 rings (SSSR count). The molecule has 0 aromatic heterocycles. The average Bonchev–Trinajstić information content (AvgIpc) is 2.56. The van der Waals surface area contributed by atoms with Gasteiger partial charge in [-0.2, -0.15) is 0 Å². The van der Waals surface area contributed by atoms with Crippen molar-refractivity contribution < 1.29 is 4.92 Å². The molecule has 22 heavy (non-hydrogen) atoms. The van der Waals surface area contributed by atoms with E-state index in [1.54, 1.807) is 0 Å². The SMILES string of the molecule is O=[N+]([O-])c1cc(Cl)c(N2CCCCC2)cc1N1CCCCC1. The van der Waals surface area contributed by atoms with Crippen molar-refractivity contribution in [2.24, 2.45) is 0 Å². The number of nitro groups is 1. The fourth-order valence-electron chi connectivity index (χ4n) is 3.45. The number of anilines is 2. The third kappa shape index (κ3) is 3.14. The van der Waals surface area contributed by atoms with Gasteiger partial charge in [0.2, 0.25) is 0 Å². The first-order chi connectivity index (χ1) is 10.7. The van der Waals surface area contributed by atoms with E-state index in [1.165, 1.54) is 18.9 Å². The molecule has 2 heterocycles. The maximum absolute atomic E-state index is 11.4. The number of rotatable bonds is 3. The van der Waals surface area contributed by atoms with E-state index in [-0.39, 0.29) is 10.6 Å². The molecule has 0 atom stereocenters. The van der Waals surface area contributed by atoms with E-state index in [1.807, 2.05) is 6.07 Å². The van der Waals surface area contributed by atoms with E-state index < -0.39 is 0 Å². The first-order valence-corrected chi connectivity index (χ1v) is 8.52. The summed E-state index contributed by atoms with van der Waals surface area (Å²) in [5.74, 6) is 0. The van der Waals surface area contributed by atoms with Crippen LogP contribution in [0.2, 0.25) is 5.02 Å². The van der Waals surface area contributed by atoms with Gasteiger partial charge in [-0.1, -0.05) is 11.6 Å². The molecule has 0 amide bonds. The lowest BCUT2D eigenvalue weighted by Gasteiger charge is -2.32. The molecule has 0 radical (unpaired) electrons. The molecule has 0 spiro atoms. The highest BCUT2D eigenvalue weighted by Crippen LogP contribution is 2.40. The highest BCUT2D eigenvalue weighted by Gasteiger charge is 2.25. The van der Waals surface area contributed by atoms with Crippen LogP contribution in [0.3, 0.4) is 0 Å². The summed E-state index contributed by atoms with van der Waals surface area (Å²) in [5.41, 5.74) is 1.81. The van der Waals surface area contributed by atoms with Crippen molar-refractivity contribution in [3.63, 3.8) is 0 Å². The van der Waals surface area contributed by atoms with E-state index in [0.717, 1.165) is 63.2 Å². The van der Waals surface area contributed by atoms with Gasteiger partial charge < -0.3 is 9.80 Å². The molecular formula is C16H22ClN3O2. The molecule has 120 valence electrons. The molecule has 1 aromatic carbocycles. The van der Waals surface area contributed by atoms with Crippen LogP contribution in [0.25, 0.3) is 0 Å². The summed E-state index contributed by atoms with van der Waals surface area (Å²) in [7, 11) is 0. The highest BCUT2D eigenvalue weighted by atomic mass is 35.5. The Balaban J connectivity index is 1.98. The number of hydrogen-bond donors (Lipinski definition) is 0. The Morgan fingerprint density at radius 1 is 0.864 bits per heavy atom. The van der Waals surface area contributed by atoms with Crippen molar-refractivity contribution in [3.05, 3.63) is 27.3 Å². The first-order valence-electron chi connectivity index (χ1n) is 8.14. The van der Waals surface area contributed by atoms with Crippen molar-refractivity contribution in [1.82, 2.24) is 0 Å². The molecular weight excluding hydrogens is 302 g/mol. The quantitative estimate of drug-likeness (QED) is 0.617. The van der Waals surface area contributed by atoms with Gasteiger partial charge >= 0.3 is 0 Å². The molecule has 6 heteroatoms. The predicted molar refractivity (Wildman–Crippen MR) is 90.2 cm³/mol. The zero-order valence-corrected chi connectivity index (χ0v) is 13.5. The molecule has 0 bridgehead atoms. The van der Waals surface area contributed by atoms with E-state index in [0.29, 0.717) is 5.02 Å². The van der Waals surface area contributed by atoms with Gasteiger partial charge in [-0.25, -0.2) is 0 Å². The van der Waals surface area contributed by atoms with Crippen LogP contribution in [0.1, 0.15) is 38.5 Å². The summed E-state index contributed by atoms with van der Waals surface area (Å²) in [6.45, 7) is 3.75. The maximum Gasteiger partial charge on any atom is 0.294 e. The average molecular weight is 324 g/mol. The molecule has 0 aliphatic carbocycles. The smallest absolute Gasteiger partial charge is 0.294 e. The monoisotopic (exact) mass is 323 g/mol. The Labute approximate surface area is 136 Å². The van der Waals surface area contributed by atoms with Gasteiger partial charge in [-0.15, -0.1) is 0 Å². The van der Waals surface area contributed by atoms with Crippen LogP contribution in [0.5, 0.6) is 0 Å². The van der Waals surface area contributed by atoms with Gasteiger partial charge in [0.1, 0.15) is 5.69 Å². The zero-order valence-electron chi connectivity index (χ0n) is 12.8. The largest absolute Gasteiger partial charge is 0.370 e. The van der Waals surface area contributed by atoms with Crippen molar-refractivity contribution in [3.8, 4) is 0 Å². The topological polar surface area (TPSA) is 49.6 Å². The lowest BCUT2D eigenvalue weighted by molar-refractivity contribution is -0.384. The Kier molecular flexibility index (Phi) is 4.71. The molecule has 2 aliphatic heterocycles. The van der Waals surface area contributed by atoms with Gasteiger partial charge in [0.05, 0.1) is 15.6 Å². The molecule has 0 unspecified atom stereocenters. The second-order valence-electron chi connectivity index (χ2n) is 6.14. The lowest BCUT2D eigenvalue weighted by Crippen LogP contribution is -2.32. The van der Waals surface area contributed by atoms with Crippen LogP contribution < -0.4 is 9.80 Å². The molecule has 0 saturated carbocycles. The number of nitro benzene ring substituents is 1. The van der Waals surface area contributed by atoms with Gasteiger partial charge in [-0.3, -0.25) is 10.1 Å². The van der Waals surface area contributed by atoms with Crippen molar-refractivity contribution >= 4 is 28.7 Å². The van der Waals surface area contributed by atoms with Crippen molar-refractivity contribution in [1.29, 1.82) is 0 Å². The van der Waals surface area contributed by atoms with Crippen molar-refractivity contribution in [2.75, 3.05) is 36.0 Å². The summed E-state index contributed by atoms with van der Waals surface area (Å²) in [4.78, 5) is 15.5. The third-order valence-corrected chi connectivity index (χ3v) is 4.94. The lowest BCUT2D eigenvalue weighted by atomic mass is 10.1. The summed E-state index contributed by atoms with van der Waals surface area (Å²) >= 11 is 6.35. The number of piperidine rings is 2. The van der Waals surface area contributed by atoms with Gasteiger partial charge in [0, 0.05) is 32.2 Å². The summed E-state index contributed by atoms with van der Waals surface area (Å²) < 4.78 is 0. The minimum Gasteiger partial charge on any atom is -0.370 e. The first kappa shape index (κ1) is 15.4. The third-order valence-electron chi connectivity index (χ3n) is 4.63. The normalized spacial score (nSPS) is 19.3. The van der Waals surface area contributed by atoms with E-state index >= 15 is 0 Å². The van der Waals surface area contributed by atoms with E-state index in [9.17, 15) is 10.1 Å². The van der Waals surface area contributed by atoms with Crippen LogP contribution >= 0.6 is 11.6 Å². The fourth-order valence-corrected chi connectivity index (χ4v) is 3.73. The second-order valence-corrected chi connectivity index (χ2v) is 6.55. The van der Waals surface area contributed by atoms with Gasteiger partial charge in [0.15, 0.2) is 0 Å². The standard InChI is InChI=1S/C16H22ClN3O2/c17-13-11-16(20(21)22)15(19-9-5-2-6-10-19)12-14(13)18-7-3-1-4-8-18/h11-12H,1-10H2. The molecule has 2 saturated heterocycles.